The lowest BCUT2D eigenvalue weighted by Crippen LogP contribution is -2.32. The Morgan fingerprint density at radius 1 is 1.10 bits per heavy atom. The first-order valence-electron chi connectivity index (χ1n) is 8.42. The van der Waals surface area contributed by atoms with Gasteiger partial charge in [-0.1, -0.05) is 17.7 Å². The van der Waals surface area contributed by atoms with E-state index in [9.17, 15) is 35.2 Å². The Bertz CT molecular complexity index is 1040. The molecule has 12 heteroatoms. The van der Waals surface area contributed by atoms with Crippen LogP contribution in [0.1, 0.15) is 30.5 Å². The number of nitrogens with one attached hydrogen (secondary N) is 2. The maximum Gasteiger partial charge on any atom is 0.417 e. The summed E-state index contributed by atoms with van der Waals surface area (Å²) in [6, 6.07) is 4.54. The van der Waals surface area contributed by atoms with Crippen molar-refractivity contribution < 1.29 is 35.2 Å². The summed E-state index contributed by atoms with van der Waals surface area (Å²) in [6.07, 6.45) is -5.18. The molecule has 0 aromatic heterocycles. The van der Waals surface area contributed by atoms with Crippen LogP contribution >= 0.6 is 11.6 Å². The van der Waals surface area contributed by atoms with Crippen LogP contribution in [-0.2, 0) is 21.0 Å². The summed E-state index contributed by atoms with van der Waals surface area (Å²) < 4.78 is 91.3. The molecule has 0 bridgehead atoms. The Labute approximate surface area is 174 Å². The third kappa shape index (κ3) is 6.13. The largest absolute Gasteiger partial charge is 0.417 e. The van der Waals surface area contributed by atoms with Gasteiger partial charge in [0.25, 0.3) is 0 Å². The van der Waals surface area contributed by atoms with Crippen LogP contribution < -0.4 is 10.0 Å². The van der Waals surface area contributed by atoms with E-state index in [1.165, 1.54) is 13.0 Å². The molecular formula is C18H16ClF5N2O3S. The lowest BCUT2D eigenvalue weighted by atomic mass is 10.1. The summed E-state index contributed by atoms with van der Waals surface area (Å²) in [4.78, 5) is 11.3. The molecule has 0 radical (unpaired) electrons. The van der Waals surface area contributed by atoms with E-state index < -0.39 is 61.8 Å². The molecule has 0 spiro atoms. The molecule has 2 aromatic carbocycles. The molecular weight excluding hydrogens is 455 g/mol. The highest BCUT2D eigenvalue weighted by molar-refractivity contribution is 7.89. The molecule has 2 rings (SSSR count). The number of rotatable bonds is 7. The van der Waals surface area contributed by atoms with Gasteiger partial charge in [-0.15, -0.1) is 0 Å². The highest BCUT2D eigenvalue weighted by atomic mass is 35.5. The van der Waals surface area contributed by atoms with Crippen LogP contribution in [-0.4, -0.2) is 20.9 Å². The van der Waals surface area contributed by atoms with E-state index >= 15 is 0 Å². The molecule has 1 unspecified atom stereocenters. The first kappa shape index (κ1) is 24.0. The van der Waals surface area contributed by atoms with E-state index in [-0.39, 0.29) is 6.42 Å². The summed E-state index contributed by atoms with van der Waals surface area (Å²) in [5.41, 5.74) is -1.01. The van der Waals surface area contributed by atoms with Gasteiger partial charge >= 0.3 is 6.18 Å². The van der Waals surface area contributed by atoms with Gasteiger partial charge in [0.05, 0.1) is 21.5 Å². The Kier molecular flexibility index (Phi) is 7.43. The Hall–Kier alpha value is -2.24. The topological polar surface area (TPSA) is 75.3 Å². The summed E-state index contributed by atoms with van der Waals surface area (Å²) in [6.45, 7) is 1.11. The number of hydrogen-bond acceptors (Lipinski definition) is 3. The van der Waals surface area contributed by atoms with Gasteiger partial charge in [-0.05, 0) is 42.8 Å². The highest BCUT2D eigenvalue weighted by Crippen LogP contribution is 2.35. The van der Waals surface area contributed by atoms with E-state index in [1.54, 1.807) is 0 Å². The standard InChI is InChI=1S/C18H16ClF5N2O3S/c1-10(11-2-5-15(20)16(21)8-11)26-17(27)6-7-25-30(28,29)12-3-4-14(19)13(9-12)18(22,23)24/h2-5,8-10,25H,6-7H2,1H3,(H,26,27). The van der Waals surface area contributed by atoms with Crippen LogP contribution in [0, 0.1) is 11.6 Å². The van der Waals surface area contributed by atoms with Gasteiger partial charge in [0.1, 0.15) is 0 Å². The summed E-state index contributed by atoms with van der Waals surface area (Å²) >= 11 is 5.46. The van der Waals surface area contributed by atoms with Crippen LogP contribution in [0.2, 0.25) is 5.02 Å². The average molecular weight is 471 g/mol. The summed E-state index contributed by atoms with van der Waals surface area (Å²) in [7, 11) is -4.33. The van der Waals surface area contributed by atoms with E-state index in [0.717, 1.165) is 24.3 Å². The van der Waals surface area contributed by atoms with Crippen molar-refractivity contribution in [3.63, 3.8) is 0 Å². The minimum Gasteiger partial charge on any atom is -0.350 e. The van der Waals surface area contributed by atoms with Crippen LogP contribution in [0.15, 0.2) is 41.3 Å². The molecule has 0 aliphatic heterocycles. The smallest absolute Gasteiger partial charge is 0.350 e. The molecule has 1 amide bonds. The summed E-state index contributed by atoms with van der Waals surface area (Å²) in [5, 5.41) is 1.83. The number of halogens is 6. The maximum absolute atomic E-state index is 13.3. The second-order valence-electron chi connectivity index (χ2n) is 6.25. The third-order valence-electron chi connectivity index (χ3n) is 4.02. The quantitative estimate of drug-likeness (QED) is 0.596. The van der Waals surface area contributed by atoms with E-state index in [1.807, 2.05) is 4.72 Å². The number of hydrogen-bond donors (Lipinski definition) is 2. The zero-order chi connectivity index (χ0) is 22.7. The molecule has 30 heavy (non-hydrogen) atoms. The first-order valence-corrected chi connectivity index (χ1v) is 10.3. The van der Waals surface area contributed by atoms with Crippen molar-refractivity contribution in [3.8, 4) is 0 Å². The normalized spacial score (nSPS) is 13.2. The first-order chi connectivity index (χ1) is 13.8. The van der Waals surface area contributed by atoms with Gasteiger partial charge in [-0.3, -0.25) is 4.79 Å². The summed E-state index contributed by atoms with van der Waals surface area (Å²) in [5.74, 6) is -2.73. The monoisotopic (exact) mass is 470 g/mol. The van der Waals surface area contributed by atoms with Crippen molar-refractivity contribution in [3.05, 3.63) is 64.2 Å². The third-order valence-corrected chi connectivity index (χ3v) is 5.81. The number of carbonyl (C=O) groups is 1. The van der Waals surface area contributed by atoms with Crippen molar-refractivity contribution in [2.24, 2.45) is 0 Å². The van der Waals surface area contributed by atoms with Crippen LogP contribution in [0.4, 0.5) is 22.0 Å². The highest BCUT2D eigenvalue weighted by Gasteiger charge is 2.34. The average Bonchev–Trinajstić information content (AvgIpc) is 2.62. The van der Waals surface area contributed by atoms with Crippen molar-refractivity contribution in [1.82, 2.24) is 10.0 Å². The van der Waals surface area contributed by atoms with E-state index in [0.29, 0.717) is 11.6 Å². The van der Waals surface area contributed by atoms with Crippen molar-refractivity contribution in [2.75, 3.05) is 6.54 Å². The second-order valence-corrected chi connectivity index (χ2v) is 8.42. The predicted molar refractivity (Wildman–Crippen MR) is 99.2 cm³/mol. The lowest BCUT2D eigenvalue weighted by molar-refractivity contribution is -0.137. The van der Waals surface area contributed by atoms with Gasteiger partial charge in [-0.2, -0.15) is 13.2 Å². The van der Waals surface area contributed by atoms with E-state index in [4.69, 9.17) is 11.6 Å². The molecule has 0 heterocycles. The molecule has 0 saturated carbocycles. The lowest BCUT2D eigenvalue weighted by Gasteiger charge is -2.15. The van der Waals surface area contributed by atoms with Gasteiger partial charge in [0.15, 0.2) is 11.6 Å². The fraction of sp³-hybridized carbons (Fsp3) is 0.278. The molecule has 0 aliphatic carbocycles. The number of sulfonamides is 1. The fourth-order valence-corrected chi connectivity index (χ4v) is 3.73. The van der Waals surface area contributed by atoms with Gasteiger partial charge in [0.2, 0.25) is 15.9 Å². The molecule has 0 aliphatic rings. The van der Waals surface area contributed by atoms with Crippen LogP contribution in [0.25, 0.3) is 0 Å². The number of carbonyl (C=O) groups excluding carboxylic acids is 1. The van der Waals surface area contributed by atoms with Gasteiger partial charge < -0.3 is 5.32 Å². The number of benzene rings is 2. The minimum absolute atomic E-state index is 0.295. The molecule has 5 nitrogen and oxygen atoms in total. The molecule has 2 aromatic rings. The maximum atomic E-state index is 13.3. The fourth-order valence-electron chi connectivity index (χ4n) is 2.45. The Balaban J connectivity index is 1.97. The van der Waals surface area contributed by atoms with Crippen LogP contribution in [0.5, 0.6) is 0 Å². The zero-order valence-electron chi connectivity index (χ0n) is 15.4. The zero-order valence-corrected chi connectivity index (χ0v) is 16.9. The molecule has 164 valence electrons. The SMILES string of the molecule is CC(NC(=O)CCNS(=O)(=O)c1ccc(Cl)c(C(F)(F)F)c1)c1ccc(F)c(F)c1. The van der Waals surface area contributed by atoms with Crippen molar-refractivity contribution >= 4 is 27.5 Å². The predicted octanol–water partition coefficient (Wildman–Crippen LogP) is 4.18. The van der Waals surface area contributed by atoms with Gasteiger partial charge in [0, 0.05) is 13.0 Å². The molecule has 0 fully saturated rings. The number of amides is 1. The molecule has 2 N–H and O–H groups in total. The minimum atomic E-state index is -4.83. The Morgan fingerprint density at radius 3 is 2.37 bits per heavy atom. The van der Waals surface area contributed by atoms with Crippen molar-refractivity contribution in [2.45, 2.75) is 30.5 Å². The molecule has 1 atom stereocenters. The number of alkyl halides is 3. The second kappa shape index (κ2) is 9.27. The van der Waals surface area contributed by atoms with Crippen LogP contribution in [0.3, 0.4) is 0 Å². The van der Waals surface area contributed by atoms with Crippen molar-refractivity contribution in [1.29, 1.82) is 0 Å². The molecule has 0 saturated heterocycles. The van der Waals surface area contributed by atoms with Gasteiger partial charge in [-0.25, -0.2) is 21.9 Å². The van der Waals surface area contributed by atoms with E-state index in [2.05, 4.69) is 5.32 Å². The Morgan fingerprint density at radius 2 is 1.77 bits per heavy atom.